The van der Waals surface area contributed by atoms with Gasteiger partial charge in [0.1, 0.15) is 0 Å². The SMILES string of the molecule is C1=C[CH]([Hf](=[C]2CCC2)[CH]2C=Cc3c(-c4ccccc4)cccc32)c2cccc(-c3ccccc3)c21.Cl.Cl. The third-order valence-electron chi connectivity index (χ3n) is 8.07. The monoisotopic (exact) mass is 688 g/mol. The van der Waals surface area contributed by atoms with Gasteiger partial charge in [-0.1, -0.05) is 0 Å². The Morgan fingerprint density at radius 3 is 1.38 bits per heavy atom. The predicted octanol–water partition coefficient (Wildman–Crippen LogP) is 9.67. The van der Waals surface area contributed by atoms with E-state index in [2.05, 4.69) is 121 Å². The number of benzene rings is 4. The Bertz CT molecular complexity index is 1400. The molecule has 4 aromatic carbocycles. The van der Waals surface area contributed by atoms with Gasteiger partial charge in [0.15, 0.2) is 0 Å². The summed E-state index contributed by atoms with van der Waals surface area (Å²) in [6, 6.07) is 35.9. The van der Waals surface area contributed by atoms with E-state index >= 15 is 0 Å². The van der Waals surface area contributed by atoms with Crippen LogP contribution < -0.4 is 0 Å². The predicted molar refractivity (Wildman–Crippen MR) is 161 cm³/mol. The summed E-state index contributed by atoms with van der Waals surface area (Å²) < 4.78 is 3.26. The Morgan fingerprint density at radius 2 is 0.973 bits per heavy atom. The molecule has 0 saturated heterocycles. The van der Waals surface area contributed by atoms with Crippen LogP contribution in [0.5, 0.6) is 0 Å². The van der Waals surface area contributed by atoms with E-state index < -0.39 is 21.0 Å². The van der Waals surface area contributed by atoms with Crippen molar-refractivity contribution in [2.24, 2.45) is 0 Å². The molecule has 0 amide bonds. The number of fused-ring (bicyclic) bond motifs is 2. The quantitative estimate of drug-likeness (QED) is 0.188. The van der Waals surface area contributed by atoms with Crippen molar-refractivity contribution in [2.45, 2.75) is 26.6 Å². The molecule has 0 aromatic heterocycles. The van der Waals surface area contributed by atoms with Crippen LogP contribution in [0.1, 0.15) is 48.9 Å². The molecule has 0 nitrogen and oxygen atoms in total. The topological polar surface area (TPSA) is 0 Å². The van der Waals surface area contributed by atoms with Crippen molar-refractivity contribution in [3.63, 3.8) is 0 Å². The first-order valence-electron chi connectivity index (χ1n) is 12.8. The summed E-state index contributed by atoms with van der Waals surface area (Å²) in [5.41, 5.74) is 11.5. The van der Waals surface area contributed by atoms with Gasteiger partial charge in [-0.2, -0.15) is 0 Å². The molecule has 0 aliphatic heterocycles. The third-order valence-corrected chi connectivity index (χ3v) is 21.2. The molecular weight excluding hydrogens is 658 g/mol. The van der Waals surface area contributed by atoms with Crippen LogP contribution in [0.25, 0.3) is 34.4 Å². The first kappa shape index (κ1) is 26.3. The first-order chi connectivity index (χ1) is 17.4. The van der Waals surface area contributed by atoms with Crippen LogP contribution in [0.2, 0.25) is 0 Å². The van der Waals surface area contributed by atoms with Crippen LogP contribution in [0.3, 0.4) is 0 Å². The van der Waals surface area contributed by atoms with Crippen LogP contribution >= 0.6 is 24.8 Å². The van der Waals surface area contributed by atoms with Crippen molar-refractivity contribution in [1.82, 2.24) is 0 Å². The molecule has 2 unspecified atom stereocenters. The third kappa shape index (κ3) is 4.60. The Labute approximate surface area is 240 Å². The molecule has 0 bridgehead atoms. The molecule has 184 valence electrons. The molecule has 0 N–H and O–H groups in total. The molecule has 4 aromatic rings. The maximum atomic E-state index is 2.59. The summed E-state index contributed by atoms with van der Waals surface area (Å²) in [6.45, 7) is 0. The van der Waals surface area contributed by atoms with E-state index in [9.17, 15) is 0 Å². The van der Waals surface area contributed by atoms with Crippen molar-refractivity contribution in [3.05, 3.63) is 131 Å². The van der Waals surface area contributed by atoms with E-state index in [1.54, 1.807) is 11.1 Å². The molecule has 0 spiro atoms. The number of hydrogen-bond acceptors (Lipinski definition) is 0. The summed E-state index contributed by atoms with van der Waals surface area (Å²) in [5, 5.41) is 0. The molecule has 3 heteroatoms. The van der Waals surface area contributed by atoms with Gasteiger partial charge in [-0.15, -0.1) is 24.8 Å². The molecular formula is C34H30Cl2Hf. The Balaban J connectivity index is 0.00000140. The number of hydrogen-bond donors (Lipinski definition) is 0. The largest absolute Gasteiger partial charge is 0.147 e. The molecule has 3 aliphatic carbocycles. The fraction of sp³-hybridized carbons (Fsp3) is 0.147. The first-order valence-corrected chi connectivity index (χ1v) is 18.8. The fourth-order valence-corrected chi connectivity index (χ4v) is 20.5. The summed E-state index contributed by atoms with van der Waals surface area (Å²) >= 11 is -2.28. The van der Waals surface area contributed by atoms with Crippen molar-refractivity contribution in [1.29, 1.82) is 0 Å². The van der Waals surface area contributed by atoms with E-state index in [4.69, 9.17) is 0 Å². The van der Waals surface area contributed by atoms with Crippen LogP contribution in [-0.4, -0.2) is 3.26 Å². The summed E-state index contributed by atoms with van der Waals surface area (Å²) in [6.07, 6.45) is 14.2. The second-order valence-corrected chi connectivity index (χ2v) is 20.2. The van der Waals surface area contributed by atoms with Crippen molar-refractivity contribution >= 4 is 40.2 Å². The molecule has 2 atom stereocenters. The number of allylic oxidation sites excluding steroid dienone is 2. The van der Waals surface area contributed by atoms with Crippen LogP contribution in [0.4, 0.5) is 0 Å². The van der Waals surface area contributed by atoms with E-state index in [-0.39, 0.29) is 24.8 Å². The summed E-state index contributed by atoms with van der Waals surface area (Å²) in [5.74, 6) is 0. The standard InChI is InChI=1S/2C15H11.C4H6.2ClH.Hf/c2*1-2-6-12(7-3-1)14-10-4-8-13-9-5-11-15(13)14;1-2-4-3-1;;;/h2*1-11H;1-3H2;2*1H;. The van der Waals surface area contributed by atoms with Crippen LogP contribution in [0, 0.1) is 0 Å². The molecule has 1 saturated carbocycles. The zero-order valence-corrected chi connectivity index (χ0v) is 25.9. The smallest absolute Gasteiger partial charge is 0.147 e. The Hall–Kier alpha value is -2.32. The van der Waals surface area contributed by atoms with Gasteiger partial charge in [-0.05, 0) is 0 Å². The second kappa shape index (κ2) is 11.2. The Morgan fingerprint density at radius 1 is 0.514 bits per heavy atom. The van der Waals surface area contributed by atoms with E-state index in [1.807, 2.05) is 3.26 Å². The zero-order chi connectivity index (χ0) is 23.2. The average molecular weight is 688 g/mol. The minimum Gasteiger partial charge on any atom is -0.147 e. The van der Waals surface area contributed by atoms with Crippen molar-refractivity contribution in [3.8, 4) is 22.3 Å². The summed E-state index contributed by atoms with van der Waals surface area (Å²) in [7, 11) is 0. The van der Waals surface area contributed by atoms with Crippen LogP contribution in [0.15, 0.2) is 109 Å². The minimum atomic E-state index is -2.28. The van der Waals surface area contributed by atoms with Gasteiger partial charge in [0.05, 0.1) is 0 Å². The van der Waals surface area contributed by atoms with Crippen molar-refractivity contribution < 1.29 is 21.0 Å². The van der Waals surface area contributed by atoms with Gasteiger partial charge >= 0.3 is 217 Å². The molecule has 1 fully saturated rings. The van der Waals surface area contributed by atoms with Gasteiger partial charge in [-0.25, -0.2) is 0 Å². The van der Waals surface area contributed by atoms with E-state index in [1.165, 1.54) is 52.6 Å². The molecule has 7 rings (SSSR count). The molecule has 3 aliphatic rings. The fourth-order valence-electron chi connectivity index (χ4n) is 6.23. The molecule has 0 radical (unpaired) electrons. The second-order valence-electron chi connectivity index (χ2n) is 9.94. The van der Waals surface area contributed by atoms with Gasteiger partial charge < -0.3 is 0 Å². The average Bonchev–Trinajstić information content (AvgIpc) is 3.52. The number of rotatable bonds is 4. The van der Waals surface area contributed by atoms with Crippen molar-refractivity contribution in [2.75, 3.05) is 0 Å². The van der Waals surface area contributed by atoms with Gasteiger partial charge in [-0.3, -0.25) is 0 Å². The molecule has 37 heavy (non-hydrogen) atoms. The maximum Gasteiger partial charge on any atom is -0.147 e. The summed E-state index contributed by atoms with van der Waals surface area (Å²) in [4.78, 5) is 0. The number of halogens is 2. The maximum absolute atomic E-state index is 2.59. The van der Waals surface area contributed by atoms with Gasteiger partial charge in [0.2, 0.25) is 0 Å². The van der Waals surface area contributed by atoms with Gasteiger partial charge in [0.25, 0.3) is 0 Å². The zero-order valence-electron chi connectivity index (χ0n) is 20.6. The normalized spacial score (nSPS) is 18.3. The molecule has 0 heterocycles. The van der Waals surface area contributed by atoms with Gasteiger partial charge in [0, 0.05) is 0 Å². The van der Waals surface area contributed by atoms with E-state index in [0.29, 0.717) is 7.35 Å². The minimum absolute atomic E-state index is 0. The Kier molecular flexibility index (Phi) is 7.96. The van der Waals surface area contributed by atoms with Crippen LogP contribution in [-0.2, 0) is 21.0 Å². The van der Waals surface area contributed by atoms with E-state index in [0.717, 1.165) is 0 Å².